The minimum absolute atomic E-state index is 0.106. The molecule has 3 N–H and O–H groups in total. The summed E-state index contributed by atoms with van der Waals surface area (Å²) in [6.07, 6.45) is 0. The van der Waals surface area contributed by atoms with Crippen LogP contribution >= 0.6 is 0 Å². The molecule has 0 saturated heterocycles. The maximum Gasteiger partial charge on any atom is 0.363 e. The van der Waals surface area contributed by atoms with Gasteiger partial charge >= 0.3 is 12.0 Å². The quantitative estimate of drug-likeness (QED) is 0.718. The fourth-order valence-corrected chi connectivity index (χ4v) is 3.22. The summed E-state index contributed by atoms with van der Waals surface area (Å²) < 4.78 is 25.1. The number of nitrogens with two attached hydrogens (primary N) is 1. The van der Waals surface area contributed by atoms with Crippen LogP contribution in [0.15, 0.2) is 53.4 Å². The normalized spacial score (nSPS) is 13.3. The predicted octanol–water partition coefficient (Wildman–Crippen LogP) is 0.412. The molecule has 0 bridgehead atoms. The molecule has 2 aromatic rings. The molecule has 1 aliphatic rings. The zero-order valence-electron chi connectivity index (χ0n) is 13.4. The molecule has 0 saturated carbocycles. The Morgan fingerprint density at radius 2 is 1.44 bits per heavy atom. The summed E-state index contributed by atoms with van der Waals surface area (Å²) in [4.78, 5) is 51.7. The first-order valence-corrected chi connectivity index (χ1v) is 8.81. The number of sulfonamides is 1. The molecule has 1 heterocycles. The van der Waals surface area contributed by atoms with Crippen molar-refractivity contribution < 1.29 is 32.4 Å². The van der Waals surface area contributed by atoms with Crippen LogP contribution in [0.2, 0.25) is 0 Å². The van der Waals surface area contributed by atoms with Gasteiger partial charge in [-0.05, 0) is 36.4 Å². The van der Waals surface area contributed by atoms with Gasteiger partial charge in [0, 0.05) is 0 Å². The number of hydrogen-bond acceptors (Lipinski definition) is 7. The average molecular weight is 389 g/mol. The van der Waals surface area contributed by atoms with E-state index in [9.17, 15) is 27.6 Å². The predicted molar refractivity (Wildman–Crippen MR) is 88.7 cm³/mol. The second kappa shape index (κ2) is 6.53. The Morgan fingerprint density at radius 1 is 0.926 bits per heavy atom. The van der Waals surface area contributed by atoms with Gasteiger partial charge in [-0.2, -0.15) is 0 Å². The Hall–Kier alpha value is -3.73. The zero-order chi connectivity index (χ0) is 19.8. The van der Waals surface area contributed by atoms with Gasteiger partial charge in [-0.15, -0.1) is 0 Å². The van der Waals surface area contributed by atoms with Gasteiger partial charge in [-0.3, -0.25) is 9.59 Å². The molecule has 0 unspecified atom stereocenters. The highest BCUT2D eigenvalue weighted by atomic mass is 32.2. The molecule has 10 nitrogen and oxygen atoms in total. The highest BCUT2D eigenvalue weighted by Gasteiger charge is 2.38. The van der Waals surface area contributed by atoms with E-state index in [1.165, 1.54) is 12.1 Å². The second-order valence-corrected chi connectivity index (χ2v) is 7.01. The van der Waals surface area contributed by atoms with Crippen molar-refractivity contribution in [1.29, 1.82) is 0 Å². The number of benzene rings is 2. The lowest BCUT2D eigenvalue weighted by Gasteiger charge is -2.12. The third kappa shape index (κ3) is 3.35. The summed E-state index contributed by atoms with van der Waals surface area (Å²) in [6, 6.07) is 8.97. The van der Waals surface area contributed by atoms with Crippen LogP contribution < -0.4 is 10.5 Å². The molecular formula is C16H11N3O7S. The summed E-state index contributed by atoms with van der Waals surface area (Å²) >= 11 is 0. The van der Waals surface area contributed by atoms with Gasteiger partial charge in [0.2, 0.25) is 0 Å². The molecular weight excluding hydrogens is 378 g/mol. The van der Waals surface area contributed by atoms with E-state index in [2.05, 4.69) is 0 Å². The fraction of sp³-hybridized carbons (Fsp3) is 0. The molecule has 0 aliphatic carbocycles. The van der Waals surface area contributed by atoms with Crippen molar-refractivity contribution in [3.8, 4) is 0 Å². The van der Waals surface area contributed by atoms with E-state index in [4.69, 9.17) is 10.6 Å². The number of nitrogens with one attached hydrogen (secondary N) is 1. The summed E-state index contributed by atoms with van der Waals surface area (Å²) in [5, 5.41) is 0.340. The molecule has 1 aliphatic heterocycles. The standard InChI is InChI=1S/C16H11N3O7S/c17-16(23)18-27(24,25)10-7-5-9(6-8-10)15(22)26-19-13(20)11-3-1-2-4-12(11)14(19)21/h1-8H,(H3,17,18,23). The maximum absolute atomic E-state index is 12.2. The lowest BCUT2D eigenvalue weighted by Crippen LogP contribution is -2.35. The van der Waals surface area contributed by atoms with Crippen molar-refractivity contribution >= 4 is 33.8 Å². The number of amides is 4. The smallest absolute Gasteiger partial charge is 0.351 e. The van der Waals surface area contributed by atoms with Crippen molar-refractivity contribution in [1.82, 2.24) is 9.79 Å². The van der Waals surface area contributed by atoms with Crippen molar-refractivity contribution in [3.05, 3.63) is 65.2 Å². The number of imide groups is 1. The number of hydroxylamine groups is 2. The van der Waals surface area contributed by atoms with Crippen LogP contribution in [-0.2, 0) is 14.9 Å². The first kappa shape index (κ1) is 18.1. The third-order valence-corrected chi connectivity index (χ3v) is 4.93. The topological polar surface area (TPSA) is 153 Å². The number of urea groups is 1. The number of rotatable bonds is 4. The van der Waals surface area contributed by atoms with Crippen LogP contribution in [0.5, 0.6) is 0 Å². The van der Waals surface area contributed by atoms with E-state index < -0.39 is 33.8 Å². The second-order valence-electron chi connectivity index (χ2n) is 5.32. The number of carbonyl (C=O) groups is 4. The lowest BCUT2D eigenvalue weighted by molar-refractivity contribution is -0.0584. The largest absolute Gasteiger partial charge is 0.363 e. The first-order chi connectivity index (χ1) is 12.7. The highest BCUT2D eigenvalue weighted by molar-refractivity contribution is 7.90. The summed E-state index contributed by atoms with van der Waals surface area (Å²) in [5.41, 5.74) is 4.87. The minimum atomic E-state index is -4.17. The molecule has 0 radical (unpaired) electrons. The Balaban J connectivity index is 1.77. The van der Waals surface area contributed by atoms with Gasteiger partial charge < -0.3 is 10.6 Å². The van der Waals surface area contributed by atoms with Gasteiger partial charge in [-0.25, -0.2) is 22.7 Å². The molecule has 3 rings (SSSR count). The van der Waals surface area contributed by atoms with Gasteiger partial charge in [0.1, 0.15) is 0 Å². The van der Waals surface area contributed by atoms with Crippen LogP contribution in [0.4, 0.5) is 4.79 Å². The number of carbonyl (C=O) groups excluding carboxylic acids is 4. The van der Waals surface area contributed by atoms with Crippen LogP contribution in [0.3, 0.4) is 0 Å². The number of primary amides is 1. The van der Waals surface area contributed by atoms with Crippen LogP contribution in [-0.4, -0.2) is 37.3 Å². The van der Waals surface area contributed by atoms with Crippen LogP contribution in [0.1, 0.15) is 31.1 Å². The molecule has 0 aromatic heterocycles. The van der Waals surface area contributed by atoms with E-state index in [-0.39, 0.29) is 21.6 Å². The Kier molecular flexibility index (Phi) is 4.37. The van der Waals surface area contributed by atoms with Gasteiger partial charge in [-0.1, -0.05) is 17.2 Å². The van der Waals surface area contributed by atoms with Crippen molar-refractivity contribution in [2.75, 3.05) is 0 Å². The van der Waals surface area contributed by atoms with E-state index in [1.807, 2.05) is 0 Å². The van der Waals surface area contributed by atoms with E-state index in [1.54, 1.807) is 16.9 Å². The first-order valence-electron chi connectivity index (χ1n) is 7.33. The van der Waals surface area contributed by atoms with E-state index in [0.717, 1.165) is 24.3 Å². The zero-order valence-corrected chi connectivity index (χ0v) is 14.2. The average Bonchev–Trinajstić information content (AvgIpc) is 2.86. The minimum Gasteiger partial charge on any atom is -0.351 e. The molecule has 138 valence electrons. The molecule has 0 atom stereocenters. The summed E-state index contributed by atoms with van der Waals surface area (Å²) in [6.45, 7) is 0. The van der Waals surface area contributed by atoms with Crippen LogP contribution in [0.25, 0.3) is 0 Å². The molecule has 2 aromatic carbocycles. The summed E-state index contributed by atoms with van der Waals surface area (Å²) in [5.74, 6) is -2.61. The lowest BCUT2D eigenvalue weighted by atomic mass is 10.1. The highest BCUT2D eigenvalue weighted by Crippen LogP contribution is 2.23. The fourth-order valence-electron chi connectivity index (χ4n) is 2.35. The summed E-state index contributed by atoms with van der Waals surface area (Å²) in [7, 11) is -4.17. The molecule has 27 heavy (non-hydrogen) atoms. The number of nitrogens with zero attached hydrogens (tertiary/aromatic N) is 1. The number of hydrogen-bond donors (Lipinski definition) is 2. The molecule has 0 fully saturated rings. The number of fused-ring (bicyclic) bond motifs is 1. The van der Waals surface area contributed by atoms with Gasteiger partial charge in [0.05, 0.1) is 21.6 Å². The van der Waals surface area contributed by atoms with E-state index in [0.29, 0.717) is 5.06 Å². The third-order valence-electron chi connectivity index (χ3n) is 3.57. The molecule has 4 amide bonds. The maximum atomic E-state index is 12.2. The van der Waals surface area contributed by atoms with Crippen molar-refractivity contribution in [2.45, 2.75) is 4.90 Å². The SMILES string of the molecule is NC(=O)NS(=O)(=O)c1ccc(C(=O)ON2C(=O)c3ccccc3C2=O)cc1. The van der Waals surface area contributed by atoms with Crippen molar-refractivity contribution in [3.63, 3.8) is 0 Å². The Labute approximate surface area is 152 Å². The van der Waals surface area contributed by atoms with Crippen molar-refractivity contribution in [2.24, 2.45) is 5.73 Å². The Morgan fingerprint density at radius 3 is 1.93 bits per heavy atom. The Bertz CT molecular complexity index is 1040. The van der Waals surface area contributed by atoms with Gasteiger partial charge in [0.25, 0.3) is 21.8 Å². The molecule has 11 heteroatoms. The van der Waals surface area contributed by atoms with E-state index >= 15 is 0 Å². The monoisotopic (exact) mass is 389 g/mol. The van der Waals surface area contributed by atoms with Crippen LogP contribution in [0, 0.1) is 0 Å². The van der Waals surface area contributed by atoms with Gasteiger partial charge in [0.15, 0.2) is 0 Å². The molecule has 0 spiro atoms.